The number of carbonyl (C=O) groups is 1. The van der Waals surface area contributed by atoms with Crippen molar-refractivity contribution in [3.63, 3.8) is 0 Å². The van der Waals surface area contributed by atoms with E-state index in [0.717, 1.165) is 22.7 Å². The van der Waals surface area contributed by atoms with Crippen LogP contribution in [0.5, 0.6) is 5.75 Å². The number of hydrogen-bond donors (Lipinski definition) is 0. The van der Waals surface area contributed by atoms with Crippen molar-refractivity contribution >= 4 is 5.97 Å². The van der Waals surface area contributed by atoms with Gasteiger partial charge in [-0.2, -0.15) is 5.10 Å². The first-order valence-electron chi connectivity index (χ1n) is 5.60. The van der Waals surface area contributed by atoms with Crippen molar-refractivity contribution < 1.29 is 14.3 Å². The van der Waals surface area contributed by atoms with Crippen LogP contribution >= 0.6 is 0 Å². The molecule has 3 rings (SSSR count). The molecule has 0 saturated heterocycles. The Balaban J connectivity index is 2.23. The third kappa shape index (κ3) is 1.55. The Morgan fingerprint density at radius 2 is 2.22 bits per heavy atom. The van der Waals surface area contributed by atoms with Crippen molar-refractivity contribution in [1.82, 2.24) is 9.78 Å². The molecule has 0 spiro atoms. The van der Waals surface area contributed by atoms with Gasteiger partial charge in [0, 0.05) is 5.56 Å². The predicted molar refractivity (Wildman–Crippen MR) is 64.0 cm³/mol. The fraction of sp³-hybridized carbons (Fsp3) is 0.231. The lowest BCUT2D eigenvalue weighted by molar-refractivity contribution is 0.0472. The molecule has 0 N–H and O–H groups in total. The second-order valence-electron chi connectivity index (χ2n) is 4.15. The van der Waals surface area contributed by atoms with Gasteiger partial charge in [-0.1, -0.05) is 0 Å². The fourth-order valence-electron chi connectivity index (χ4n) is 2.06. The summed E-state index contributed by atoms with van der Waals surface area (Å²) in [6, 6.07) is 7.30. The first-order chi connectivity index (χ1) is 8.69. The molecule has 0 bridgehead atoms. The Hall–Kier alpha value is -2.30. The highest BCUT2D eigenvalue weighted by atomic mass is 16.5. The van der Waals surface area contributed by atoms with E-state index in [9.17, 15) is 4.79 Å². The summed E-state index contributed by atoms with van der Waals surface area (Å²) in [5.74, 6) is 0.378. The quantitative estimate of drug-likeness (QED) is 0.718. The summed E-state index contributed by atoms with van der Waals surface area (Å²) >= 11 is 0. The van der Waals surface area contributed by atoms with Gasteiger partial charge in [-0.15, -0.1) is 0 Å². The van der Waals surface area contributed by atoms with Crippen LogP contribution in [0.2, 0.25) is 0 Å². The summed E-state index contributed by atoms with van der Waals surface area (Å²) in [5, 5.41) is 4.33. The van der Waals surface area contributed by atoms with Crippen LogP contribution in [0.1, 0.15) is 21.7 Å². The number of cyclic esters (lactones) is 1. The van der Waals surface area contributed by atoms with E-state index in [2.05, 4.69) is 5.10 Å². The van der Waals surface area contributed by atoms with E-state index in [1.807, 2.05) is 25.1 Å². The lowest BCUT2D eigenvalue weighted by Crippen LogP contribution is -2.07. The molecular weight excluding hydrogens is 232 g/mol. The Bertz CT molecular complexity index is 631. The molecule has 0 saturated carbocycles. The molecule has 1 aromatic heterocycles. The number of esters is 1. The molecule has 18 heavy (non-hydrogen) atoms. The zero-order valence-electron chi connectivity index (χ0n) is 10.1. The van der Waals surface area contributed by atoms with Gasteiger partial charge in [0.2, 0.25) is 0 Å². The molecule has 0 radical (unpaired) electrons. The molecule has 2 heterocycles. The lowest BCUT2D eigenvalue weighted by atomic mass is 10.2. The number of methoxy groups -OCH3 is 1. The van der Waals surface area contributed by atoms with Crippen LogP contribution in [0, 0.1) is 6.92 Å². The van der Waals surface area contributed by atoms with Crippen molar-refractivity contribution in [2.24, 2.45) is 0 Å². The average molecular weight is 244 g/mol. The number of aromatic nitrogens is 2. The Morgan fingerprint density at radius 1 is 1.39 bits per heavy atom. The van der Waals surface area contributed by atoms with Crippen LogP contribution < -0.4 is 4.74 Å². The first kappa shape index (κ1) is 10.8. The van der Waals surface area contributed by atoms with Crippen molar-refractivity contribution in [2.45, 2.75) is 13.5 Å². The summed E-state index contributed by atoms with van der Waals surface area (Å²) in [6.45, 7) is 2.08. The maximum absolute atomic E-state index is 11.8. The zero-order valence-corrected chi connectivity index (χ0v) is 10.1. The van der Waals surface area contributed by atoms with Gasteiger partial charge in [0.25, 0.3) is 0 Å². The molecular formula is C13H12N2O3. The number of hydrogen-bond acceptors (Lipinski definition) is 4. The Labute approximate surface area is 104 Å². The number of benzene rings is 1. The third-order valence-electron chi connectivity index (χ3n) is 2.91. The minimum absolute atomic E-state index is 0.230. The number of carbonyl (C=O) groups excluding carboxylic acids is 1. The molecule has 5 nitrogen and oxygen atoms in total. The van der Waals surface area contributed by atoms with Gasteiger partial charge >= 0.3 is 5.97 Å². The zero-order chi connectivity index (χ0) is 12.7. The van der Waals surface area contributed by atoms with Gasteiger partial charge in [-0.05, 0) is 31.2 Å². The van der Waals surface area contributed by atoms with E-state index in [0.29, 0.717) is 5.69 Å². The average Bonchev–Trinajstić information content (AvgIpc) is 2.72. The van der Waals surface area contributed by atoms with E-state index in [-0.39, 0.29) is 12.6 Å². The minimum atomic E-state index is -0.356. The molecule has 1 aliphatic heterocycles. The van der Waals surface area contributed by atoms with E-state index in [1.54, 1.807) is 17.9 Å². The highest BCUT2D eigenvalue weighted by Gasteiger charge is 2.23. The number of ether oxygens (including phenoxy) is 2. The smallest absolute Gasteiger partial charge is 0.357 e. The van der Waals surface area contributed by atoms with E-state index < -0.39 is 0 Å². The molecule has 0 fully saturated rings. The second-order valence-corrected chi connectivity index (χ2v) is 4.15. The predicted octanol–water partition coefficient (Wildman–Crippen LogP) is 1.86. The van der Waals surface area contributed by atoms with E-state index in [4.69, 9.17) is 9.47 Å². The Morgan fingerprint density at radius 3 is 3.00 bits per heavy atom. The summed E-state index contributed by atoms with van der Waals surface area (Å²) in [7, 11) is 1.61. The molecule has 0 atom stereocenters. The number of nitrogens with zero attached hydrogens (tertiary/aromatic N) is 2. The molecule has 5 heteroatoms. The molecule has 1 aliphatic rings. The maximum atomic E-state index is 11.8. The van der Waals surface area contributed by atoms with Gasteiger partial charge in [-0.3, -0.25) is 0 Å². The SMILES string of the molecule is COc1ccc2c(c1)COC(=O)c1cc(C)nn1-2. The number of aryl methyl sites for hydroxylation is 1. The number of rotatable bonds is 1. The monoisotopic (exact) mass is 244 g/mol. The number of fused-ring (bicyclic) bond motifs is 3. The maximum Gasteiger partial charge on any atom is 0.357 e. The molecule has 0 amide bonds. The van der Waals surface area contributed by atoms with Gasteiger partial charge in [0.1, 0.15) is 12.4 Å². The highest BCUT2D eigenvalue weighted by Crippen LogP contribution is 2.26. The van der Waals surface area contributed by atoms with Crippen molar-refractivity contribution in [1.29, 1.82) is 0 Å². The van der Waals surface area contributed by atoms with Crippen LogP contribution in [-0.4, -0.2) is 22.9 Å². The first-order valence-corrected chi connectivity index (χ1v) is 5.60. The van der Waals surface area contributed by atoms with Crippen LogP contribution in [-0.2, 0) is 11.3 Å². The molecule has 0 unspecified atom stereocenters. The van der Waals surface area contributed by atoms with Crippen LogP contribution in [0.3, 0.4) is 0 Å². The summed E-state index contributed by atoms with van der Waals surface area (Å²) in [6.07, 6.45) is 0. The molecule has 92 valence electrons. The fourth-order valence-corrected chi connectivity index (χ4v) is 2.06. The third-order valence-corrected chi connectivity index (χ3v) is 2.91. The molecule has 2 aromatic rings. The molecule has 1 aromatic carbocycles. The highest BCUT2D eigenvalue weighted by molar-refractivity contribution is 5.89. The van der Waals surface area contributed by atoms with Gasteiger partial charge in [0.05, 0.1) is 18.5 Å². The lowest BCUT2D eigenvalue weighted by Gasteiger charge is -2.08. The minimum Gasteiger partial charge on any atom is -0.497 e. The van der Waals surface area contributed by atoms with Crippen molar-refractivity contribution in [2.75, 3.05) is 7.11 Å². The van der Waals surface area contributed by atoms with Gasteiger partial charge < -0.3 is 9.47 Å². The standard InChI is InChI=1S/C13H12N2O3/c1-8-5-12-13(16)18-7-9-6-10(17-2)3-4-11(9)15(12)14-8/h3-6H,7H2,1-2H3. The van der Waals surface area contributed by atoms with Crippen LogP contribution in [0.25, 0.3) is 5.69 Å². The van der Waals surface area contributed by atoms with E-state index >= 15 is 0 Å². The Kier molecular flexibility index (Phi) is 2.33. The van der Waals surface area contributed by atoms with E-state index in [1.165, 1.54) is 0 Å². The van der Waals surface area contributed by atoms with Gasteiger partial charge in [-0.25, -0.2) is 9.48 Å². The normalized spacial score (nSPS) is 13.3. The summed E-state index contributed by atoms with van der Waals surface area (Å²) in [5.41, 5.74) is 2.97. The second kappa shape index (κ2) is 3.87. The largest absolute Gasteiger partial charge is 0.497 e. The topological polar surface area (TPSA) is 53.4 Å². The van der Waals surface area contributed by atoms with Crippen LogP contribution in [0.15, 0.2) is 24.3 Å². The van der Waals surface area contributed by atoms with Crippen LogP contribution in [0.4, 0.5) is 0 Å². The van der Waals surface area contributed by atoms with Crippen molar-refractivity contribution in [3.8, 4) is 11.4 Å². The van der Waals surface area contributed by atoms with Crippen molar-refractivity contribution in [3.05, 3.63) is 41.2 Å². The molecule has 0 aliphatic carbocycles. The summed E-state index contributed by atoms with van der Waals surface area (Å²) in [4.78, 5) is 11.8. The summed E-state index contributed by atoms with van der Waals surface area (Å²) < 4.78 is 12.0. The van der Waals surface area contributed by atoms with Gasteiger partial charge in [0.15, 0.2) is 5.69 Å².